The molecule has 2 N–H and O–H groups in total. The smallest absolute Gasteiger partial charge is 0.256 e. The molecule has 3 rings (SSSR count). The number of carbonyl (C=O) groups is 2. The Balaban J connectivity index is 1.62. The Morgan fingerprint density at radius 3 is 1.93 bits per heavy atom. The van der Waals surface area contributed by atoms with E-state index in [-0.39, 0.29) is 11.8 Å². The molecule has 29 heavy (non-hydrogen) atoms. The van der Waals surface area contributed by atoms with Crippen LogP contribution in [0.1, 0.15) is 40.3 Å². The predicted octanol–water partition coefficient (Wildman–Crippen LogP) is 4.33. The minimum absolute atomic E-state index is 0.236. The van der Waals surface area contributed by atoms with Crippen LogP contribution in [0.2, 0.25) is 0 Å². The van der Waals surface area contributed by atoms with Gasteiger partial charge in [0, 0.05) is 41.7 Å². The first-order valence-electron chi connectivity index (χ1n) is 9.51. The van der Waals surface area contributed by atoms with E-state index in [1.54, 1.807) is 37.3 Å². The third-order valence-corrected chi connectivity index (χ3v) is 4.53. The second kappa shape index (κ2) is 9.05. The molecule has 0 saturated heterocycles. The topological polar surface area (TPSA) is 87.5 Å². The molecular formula is C22H24N4O3. The van der Waals surface area contributed by atoms with Crippen LogP contribution in [0.3, 0.4) is 0 Å². The molecule has 2 amide bonds. The zero-order valence-electron chi connectivity index (χ0n) is 16.7. The van der Waals surface area contributed by atoms with Crippen LogP contribution in [0.25, 0.3) is 0 Å². The van der Waals surface area contributed by atoms with Crippen LogP contribution in [0, 0.1) is 6.92 Å². The highest BCUT2D eigenvalue weighted by molar-refractivity contribution is 6.07. The molecule has 7 nitrogen and oxygen atoms in total. The molecule has 0 spiro atoms. The molecule has 0 atom stereocenters. The Morgan fingerprint density at radius 1 is 0.897 bits per heavy atom. The molecule has 0 unspecified atom stereocenters. The minimum Gasteiger partial charge on any atom is -0.372 e. The van der Waals surface area contributed by atoms with Crippen LogP contribution in [-0.4, -0.2) is 30.1 Å². The number of nitrogens with zero attached hydrogens (tertiary/aromatic N) is 2. The van der Waals surface area contributed by atoms with Gasteiger partial charge in [-0.2, -0.15) is 0 Å². The van der Waals surface area contributed by atoms with Crippen molar-refractivity contribution >= 4 is 29.0 Å². The highest BCUT2D eigenvalue weighted by atomic mass is 16.5. The number of nitrogens with one attached hydrogen (secondary N) is 2. The summed E-state index contributed by atoms with van der Waals surface area (Å²) < 4.78 is 4.92. The number of benzene rings is 2. The number of amides is 2. The molecule has 7 heteroatoms. The average molecular weight is 392 g/mol. The maximum absolute atomic E-state index is 12.5. The second-order valence-corrected chi connectivity index (χ2v) is 6.53. The molecule has 2 aromatic carbocycles. The Hall–Kier alpha value is -3.61. The molecule has 0 saturated carbocycles. The van der Waals surface area contributed by atoms with Gasteiger partial charge in [-0.25, -0.2) is 0 Å². The number of carbonyl (C=O) groups excluding carboxylic acids is 2. The minimum atomic E-state index is -0.322. The summed E-state index contributed by atoms with van der Waals surface area (Å²) in [4.78, 5) is 26.9. The van der Waals surface area contributed by atoms with E-state index >= 15 is 0 Å². The van der Waals surface area contributed by atoms with Crippen LogP contribution < -0.4 is 15.5 Å². The predicted molar refractivity (Wildman–Crippen MR) is 114 cm³/mol. The summed E-state index contributed by atoms with van der Waals surface area (Å²) in [5, 5.41) is 9.24. The lowest BCUT2D eigenvalue weighted by Crippen LogP contribution is -2.21. The van der Waals surface area contributed by atoms with Gasteiger partial charge >= 0.3 is 0 Å². The van der Waals surface area contributed by atoms with Gasteiger partial charge in [0.1, 0.15) is 5.76 Å². The fourth-order valence-electron chi connectivity index (χ4n) is 2.93. The van der Waals surface area contributed by atoms with Crippen LogP contribution in [-0.2, 0) is 0 Å². The van der Waals surface area contributed by atoms with Crippen LogP contribution >= 0.6 is 0 Å². The largest absolute Gasteiger partial charge is 0.372 e. The summed E-state index contributed by atoms with van der Waals surface area (Å²) in [5.74, 6) is 0.400. The molecule has 0 aliphatic carbocycles. The van der Waals surface area contributed by atoms with Crippen molar-refractivity contribution in [2.75, 3.05) is 28.6 Å². The van der Waals surface area contributed by atoms with Gasteiger partial charge in [0.2, 0.25) is 0 Å². The zero-order valence-corrected chi connectivity index (χ0v) is 16.7. The van der Waals surface area contributed by atoms with Gasteiger partial charge < -0.3 is 20.1 Å². The maximum Gasteiger partial charge on any atom is 0.256 e. The lowest BCUT2D eigenvalue weighted by Gasteiger charge is -2.21. The molecule has 0 aliphatic rings. The highest BCUT2D eigenvalue weighted by Gasteiger charge is 2.11. The SMILES string of the molecule is CCN(CC)c1ccc(NC(=O)c2ccc(C(=O)Nc3cc(C)on3)cc2)cc1. The van der Waals surface area contributed by atoms with Gasteiger partial charge in [-0.1, -0.05) is 5.16 Å². The van der Waals surface area contributed by atoms with Crippen molar-refractivity contribution in [3.05, 3.63) is 71.5 Å². The van der Waals surface area contributed by atoms with E-state index in [9.17, 15) is 9.59 Å². The highest BCUT2D eigenvalue weighted by Crippen LogP contribution is 2.18. The van der Waals surface area contributed by atoms with Crippen molar-refractivity contribution in [1.82, 2.24) is 5.16 Å². The molecule has 0 fully saturated rings. The first-order valence-corrected chi connectivity index (χ1v) is 9.51. The van der Waals surface area contributed by atoms with Crippen molar-refractivity contribution in [2.24, 2.45) is 0 Å². The Morgan fingerprint density at radius 2 is 1.45 bits per heavy atom. The van der Waals surface area contributed by atoms with Crippen LogP contribution in [0.15, 0.2) is 59.1 Å². The number of aromatic nitrogens is 1. The van der Waals surface area contributed by atoms with Gasteiger partial charge in [0.05, 0.1) is 0 Å². The monoisotopic (exact) mass is 392 g/mol. The fourth-order valence-corrected chi connectivity index (χ4v) is 2.93. The first-order chi connectivity index (χ1) is 14.0. The zero-order chi connectivity index (χ0) is 20.8. The molecule has 1 heterocycles. The summed E-state index contributed by atoms with van der Waals surface area (Å²) in [5.41, 5.74) is 2.72. The summed E-state index contributed by atoms with van der Waals surface area (Å²) in [6, 6.07) is 15.8. The summed E-state index contributed by atoms with van der Waals surface area (Å²) >= 11 is 0. The maximum atomic E-state index is 12.5. The van der Waals surface area contributed by atoms with Gasteiger partial charge in [-0.05, 0) is 69.3 Å². The number of rotatable bonds is 7. The lowest BCUT2D eigenvalue weighted by molar-refractivity contribution is 0.101. The number of anilines is 3. The first kappa shape index (κ1) is 20.1. The molecule has 0 radical (unpaired) electrons. The second-order valence-electron chi connectivity index (χ2n) is 6.53. The average Bonchev–Trinajstić information content (AvgIpc) is 3.14. The Labute approximate surface area is 169 Å². The molecule has 0 bridgehead atoms. The molecule has 1 aromatic heterocycles. The van der Waals surface area contributed by atoms with Crippen LogP contribution in [0.4, 0.5) is 17.2 Å². The summed E-state index contributed by atoms with van der Waals surface area (Å²) in [7, 11) is 0. The van der Waals surface area contributed by atoms with Gasteiger partial charge in [-0.15, -0.1) is 0 Å². The Kier molecular flexibility index (Phi) is 6.29. The fraction of sp³-hybridized carbons (Fsp3) is 0.227. The van der Waals surface area contributed by atoms with Crippen molar-refractivity contribution in [1.29, 1.82) is 0 Å². The van der Waals surface area contributed by atoms with Crippen molar-refractivity contribution in [2.45, 2.75) is 20.8 Å². The standard InChI is InChI=1S/C22H24N4O3/c1-4-26(5-2)19-12-10-18(11-13-19)23-21(27)16-6-8-17(9-7-16)22(28)24-20-14-15(3)29-25-20/h6-14H,4-5H2,1-3H3,(H,23,27)(H,24,25,28). The van der Waals surface area contributed by atoms with Crippen LogP contribution in [0.5, 0.6) is 0 Å². The molecule has 150 valence electrons. The van der Waals surface area contributed by atoms with E-state index in [4.69, 9.17) is 4.52 Å². The van der Waals surface area contributed by atoms with E-state index in [0.717, 1.165) is 18.8 Å². The van der Waals surface area contributed by atoms with Crippen molar-refractivity contribution in [3.63, 3.8) is 0 Å². The van der Waals surface area contributed by atoms with Gasteiger partial charge in [0.15, 0.2) is 5.82 Å². The third-order valence-electron chi connectivity index (χ3n) is 4.53. The van der Waals surface area contributed by atoms with E-state index in [1.807, 2.05) is 24.3 Å². The van der Waals surface area contributed by atoms with Gasteiger partial charge in [0.25, 0.3) is 11.8 Å². The van der Waals surface area contributed by atoms with E-state index < -0.39 is 0 Å². The van der Waals surface area contributed by atoms with Crippen molar-refractivity contribution in [3.8, 4) is 0 Å². The van der Waals surface area contributed by atoms with E-state index in [2.05, 4.69) is 34.5 Å². The normalized spacial score (nSPS) is 10.4. The number of hydrogen-bond donors (Lipinski definition) is 2. The third kappa shape index (κ3) is 5.01. The van der Waals surface area contributed by atoms with E-state index in [1.165, 1.54) is 0 Å². The number of aryl methyl sites for hydroxylation is 1. The quantitative estimate of drug-likeness (QED) is 0.625. The van der Waals surface area contributed by atoms with E-state index in [0.29, 0.717) is 28.4 Å². The lowest BCUT2D eigenvalue weighted by atomic mass is 10.1. The molecule has 0 aliphatic heterocycles. The van der Waals surface area contributed by atoms with Crippen molar-refractivity contribution < 1.29 is 14.1 Å². The summed E-state index contributed by atoms with van der Waals surface area (Å²) in [6.45, 7) is 7.82. The number of hydrogen-bond acceptors (Lipinski definition) is 5. The molecule has 3 aromatic rings. The molecular weight excluding hydrogens is 368 g/mol. The Bertz CT molecular complexity index is 974. The van der Waals surface area contributed by atoms with Gasteiger partial charge in [-0.3, -0.25) is 9.59 Å². The summed E-state index contributed by atoms with van der Waals surface area (Å²) in [6.07, 6.45) is 0.